The number of hydrogen-bond donors (Lipinski definition) is 5. The highest BCUT2D eigenvalue weighted by atomic mass is 35.5. The monoisotopic (exact) mass is 1250 g/mol. The first-order chi connectivity index (χ1) is 41.5. The van der Waals surface area contributed by atoms with E-state index in [-0.39, 0.29) is 50.3 Å². The minimum atomic E-state index is -1.11. The number of likely N-dealkylation sites (tertiary alicyclic amines) is 1. The minimum Gasteiger partial charge on any atom is -0.495 e. The van der Waals surface area contributed by atoms with Crippen molar-refractivity contribution in [3.63, 3.8) is 0 Å². The number of aromatic nitrogens is 2. The molecule has 3 amide bonds. The second-order valence-corrected chi connectivity index (χ2v) is 23.5. The zero-order valence-corrected chi connectivity index (χ0v) is 52.2. The molecule has 0 spiro atoms. The molecule has 2 saturated heterocycles. The first-order valence-electron chi connectivity index (χ1n) is 28.9. The number of halogens is 2. The number of β-amino-alcohol motifs (C(OH)–C–C–N with tert-alkyl or cyclic N) is 1. The third kappa shape index (κ3) is 19.8. The number of aryl methyl sites for hydroxylation is 1. The van der Waals surface area contributed by atoms with Crippen molar-refractivity contribution in [2.24, 2.45) is 5.41 Å². The highest BCUT2D eigenvalue weighted by molar-refractivity contribution is 7.13. The van der Waals surface area contributed by atoms with Crippen molar-refractivity contribution in [2.75, 3.05) is 131 Å². The van der Waals surface area contributed by atoms with Crippen LogP contribution in [-0.2, 0) is 44.6 Å². The van der Waals surface area contributed by atoms with Crippen molar-refractivity contribution in [1.29, 1.82) is 5.26 Å². The number of aliphatic hydroxyl groups excluding tert-OH is 2. The van der Waals surface area contributed by atoms with Crippen LogP contribution in [0.3, 0.4) is 0 Å². The fourth-order valence-corrected chi connectivity index (χ4v) is 11.2. The van der Waals surface area contributed by atoms with Crippen LogP contribution in [0.1, 0.15) is 63.3 Å². The molecule has 3 aromatic carbocycles. The molecule has 5 aromatic rings. The molecule has 2 aromatic heterocycles. The van der Waals surface area contributed by atoms with Crippen LogP contribution >= 0.6 is 34.5 Å². The number of aliphatic hydroxyl groups is 2. The van der Waals surface area contributed by atoms with Crippen LogP contribution in [0.5, 0.6) is 17.2 Å². The summed E-state index contributed by atoms with van der Waals surface area (Å²) < 4.78 is 45.3. The van der Waals surface area contributed by atoms with Gasteiger partial charge in [0.15, 0.2) is 11.5 Å². The van der Waals surface area contributed by atoms with E-state index in [9.17, 15) is 29.9 Å². The maximum atomic E-state index is 14.0. The van der Waals surface area contributed by atoms with Gasteiger partial charge in [0.1, 0.15) is 24.1 Å². The quantitative estimate of drug-likeness (QED) is 0.0205. The van der Waals surface area contributed by atoms with Gasteiger partial charge in [0.2, 0.25) is 17.7 Å². The number of methoxy groups -OCH3 is 2. The highest BCUT2D eigenvalue weighted by Crippen LogP contribution is 2.41. The number of hydrogen-bond acceptors (Lipinski definition) is 20. The zero-order valence-electron chi connectivity index (χ0n) is 49.9. The Morgan fingerprint density at radius 3 is 2.06 bits per heavy atom. The van der Waals surface area contributed by atoms with E-state index in [2.05, 4.69) is 36.9 Å². The smallest absolute Gasteiger partial charge is 0.246 e. The van der Waals surface area contributed by atoms with E-state index in [0.717, 1.165) is 47.8 Å². The number of thiazole rings is 1. The van der Waals surface area contributed by atoms with Crippen LogP contribution in [-0.4, -0.2) is 203 Å². The van der Waals surface area contributed by atoms with Crippen molar-refractivity contribution in [3.8, 4) is 33.8 Å². The Balaban J connectivity index is 0.670. The Kier molecular flexibility index (Phi) is 26.7. The maximum Gasteiger partial charge on any atom is 0.246 e. The van der Waals surface area contributed by atoms with Gasteiger partial charge in [0, 0.05) is 75.9 Å². The second-order valence-electron chi connectivity index (χ2n) is 21.9. The van der Waals surface area contributed by atoms with Gasteiger partial charge < -0.3 is 68.5 Å². The van der Waals surface area contributed by atoms with Gasteiger partial charge in [0.25, 0.3) is 0 Å². The Bertz CT molecular complexity index is 3030. The fourth-order valence-electron chi connectivity index (χ4n) is 9.92. The lowest BCUT2D eigenvalue weighted by Crippen LogP contribution is -2.58. The van der Waals surface area contributed by atoms with Crippen molar-refractivity contribution >= 4 is 74.5 Å². The summed E-state index contributed by atoms with van der Waals surface area (Å²) >= 11 is 14.3. The summed E-state index contributed by atoms with van der Waals surface area (Å²) in [7, 11) is 3.06. The summed E-state index contributed by atoms with van der Waals surface area (Å²) in [6.45, 7) is 15.2. The van der Waals surface area contributed by atoms with Gasteiger partial charge in [0.05, 0.1) is 154 Å². The third-order valence-electron chi connectivity index (χ3n) is 14.7. The van der Waals surface area contributed by atoms with E-state index in [1.165, 1.54) is 18.2 Å². The Labute approximate surface area is 517 Å². The van der Waals surface area contributed by atoms with Crippen LogP contribution in [0.25, 0.3) is 21.3 Å². The molecule has 468 valence electrons. The topological polar surface area (TPSA) is 261 Å². The van der Waals surface area contributed by atoms with Crippen LogP contribution in [0.15, 0.2) is 60.2 Å². The molecule has 2 aliphatic heterocycles. The molecular formula is C61H81Cl2N9O13S. The number of fused-ring (bicyclic) bond motifs is 1. The minimum absolute atomic E-state index is 0.0332. The molecule has 25 heteroatoms. The van der Waals surface area contributed by atoms with E-state index in [4.69, 9.17) is 61.1 Å². The lowest BCUT2D eigenvalue weighted by atomic mass is 9.85. The van der Waals surface area contributed by atoms with Gasteiger partial charge in [-0.25, -0.2) is 4.98 Å². The number of benzene rings is 3. The number of rotatable bonds is 34. The predicted molar refractivity (Wildman–Crippen MR) is 328 cm³/mol. The molecule has 1 unspecified atom stereocenters. The van der Waals surface area contributed by atoms with E-state index in [0.29, 0.717) is 141 Å². The molecule has 0 saturated carbocycles. The summed E-state index contributed by atoms with van der Waals surface area (Å²) in [6, 6.07) is 15.4. The number of carbonyl (C=O) groups excluding carboxylic acids is 3. The van der Waals surface area contributed by atoms with Crippen LogP contribution in [0.2, 0.25) is 10.0 Å². The molecule has 2 fully saturated rings. The molecule has 0 bridgehead atoms. The molecular weight excluding hydrogens is 1170 g/mol. The Morgan fingerprint density at radius 1 is 0.814 bits per heavy atom. The zero-order chi connectivity index (χ0) is 61.6. The van der Waals surface area contributed by atoms with Crippen molar-refractivity contribution < 1.29 is 62.5 Å². The summed E-state index contributed by atoms with van der Waals surface area (Å²) in [5.74, 6) is 0.773. The number of nitrogens with zero attached hydrogens (tertiary/aromatic N) is 6. The molecule has 0 radical (unpaired) electrons. The number of carbonyl (C=O) groups is 3. The fraction of sp³-hybridized carbons (Fsp3) is 0.541. The van der Waals surface area contributed by atoms with Gasteiger partial charge in [-0.15, -0.1) is 11.3 Å². The second kappa shape index (κ2) is 34.0. The summed E-state index contributed by atoms with van der Waals surface area (Å²) in [5.41, 5.74) is 6.05. The standard InChI is InChI=1S/C61H81Cl2N9O13S/c1-40-57(86-39-67-40)42-10-8-41(9-11-42)36-66-59(76)50-30-44(73)38-72(50)60(77)58(61(2,3)4)69-54(74)12-20-80-22-24-82-26-28-84-29-27-83-25-23-81-21-13-55(75)71-17-15-70(16-18-71)14-7-19-85-53-33-48-45(31-52(53)79-6)56(43(35-64)37-65-48)68-49-34-51(78-5)47(63)32-46(49)62/h8-11,31-34,37,39,44,50,58-59,66,73,76H,7,12-30,36,38H2,1-6H3,(H,65,68)(H,69,74)/t44-,50+,58-,59?/m1/s1. The summed E-state index contributed by atoms with van der Waals surface area (Å²) in [6.07, 6.45) is 0.851. The van der Waals surface area contributed by atoms with E-state index in [1.807, 2.05) is 62.4 Å². The van der Waals surface area contributed by atoms with Gasteiger partial charge in [-0.05, 0) is 48.4 Å². The van der Waals surface area contributed by atoms with Crippen molar-refractivity contribution in [3.05, 3.63) is 87.1 Å². The van der Waals surface area contributed by atoms with E-state index in [1.54, 1.807) is 42.7 Å². The van der Waals surface area contributed by atoms with Gasteiger partial charge in [-0.3, -0.25) is 29.6 Å². The van der Waals surface area contributed by atoms with Crippen LogP contribution in [0.4, 0.5) is 11.4 Å². The molecule has 0 aliphatic carbocycles. The Hall–Kier alpha value is -5.98. The first kappa shape index (κ1) is 67.5. The number of ether oxygens (including phenoxy) is 8. The average molecular weight is 1250 g/mol. The van der Waals surface area contributed by atoms with Gasteiger partial charge in [-0.1, -0.05) is 68.2 Å². The molecule has 4 heterocycles. The molecule has 2 aliphatic rings. The maximum absolute atomic E-state index is 14.0. The lowest BCUT2D eigenvalue weighted by Gasteiger charge is -2.37. The molecule has 5 N–H and O–H groups in total. The number of nitriles is 1. The van der Waals surface area contributed by atoms with E-state index >= 15 is 0 Å². The van der Waals surface area contributed by atoms with Crippen LogP contribution in [0, 0.1) is 23.7 Å². The summed E-state index contributed by atoms with van der Waals surface area (Å²) in [4.78, 5) is 55.6. The number of nitrogens with one attached hydrogen (secondary N) is 3. The molecule has 7 rings (SSSR count). The van der Waals surface area contributed by atoms with Gasteiger partial charge in [-0.2, -0.15) is 5.26 Å². The molecule has 86 heavy (non-hydrogen) atoms. The Morgan fingerprint density at radius 2 is 1.45 bits per heavy atom. The lowest BCUT2D eigenvalue weighted by molar-refractivity contribution is -0.142. The SMILES string of the molecule is COc1cc(Nc2c(C#N)cnc3cc(OCCCN4CCN(C(=O)CCOCCOCCOCCOCCOCCC(=O)N[C@H](C(=O)N5C[C@H](O)C[C@H]5C(O)NCc5ccc(-c6scnc6C)cc5)C(C)(C)C)CC4)c(OC)cc23)c(Cl)cc1Cl. The molecule has 22 nitrogen and oxygen atoms in total. The van der Waals surface area contributed by atoms with Gasteiger partial charge >= 0.3 is 0 Å². The van der Waals surface area contributed by atoms with Crippen molar-refractivity contribution in [2.45, 2.75) is 84.3 Å². The highest BCUT2D eigenvalue weighted by Gasteiger charge is 2.44. The number of anilines is 2. The number of piperazine rings is 1. The largest absolute Gasteiger partial charge is 0.495 e. The van der Waals surface area contributed by atoms with Crippen molar-refractivity contribution in [1.82, 2.24) is 35.3 Å². The third-order valence-corrected chi connectivity index (χ3v) is 16.2. The summed E-state index contributed by atoms with van der Waals surface area (Å²) in [5, 5.41) is 42.3. The predicted octanol–water partition coefficient (Wildman–Crippen LogP) is 6.98. The molecule has 4 atom stereocenters. The average Bonchev–Trinajstić information content (AvgIpc) is 2.56. The number of amides is 3. The van der Waals surface area contributed by atoms with Crippen LogP contribution < -0.4 is 30.2 Å². The number of pyridine rings is 1. The normalized spacial score (nSPS) is 16.2. The first-order valence-corrected chi connectivity index (χ1v) is 30.5. The van der Waals surface area contributed by atoms with E-state index < -0.39 is 29.8 Å².